The monoisotopic (exact) mass is 282 g/mol. The van der Waals surface area contributed by atoms with Crippen molar-refractivity contribution in [3.63, 3.8) is 0 Å². The molecule has 4 heteroatoms. The van der Waals surface area contributed by atoms with Crippen LogP contribution in [0.5, 0.6) is 0 Å². The first-order valence-corrected chi connectivity index (χ1v) is 8.05. The highest BCUT2D eigenvalue weighted by Crippen LogP contribution is 2.42. The molecule has 0 heterocycles. The second-order valence-corrected chi connectivity index (χ2v) is 6.83. The summed E-state index contributed by atoms with van der Waals surface area (Å²) in [5.41, 5.74) is -0.488. The third kappa shape index (κ3) is 3.53. The maximum Gasteiger partial charge on any atom is 0.327 e. The maximum atomic E-state index is 12.4. The number of esters is 1. The molecule has 0 amide bonds. The van der Waals surface area contributed by atoms with E-state index in [0.717, 1.165) is 50.7 Å². The zero-order valence-electron chi connectivity index (χ0n) is 13.4. The molecule has 0 bridgehead atoms. The van der Waals surface area contributed by atoms with Gasteiger partial charge in [0.25, 0.3) is 0 Å². The Kier molecular flexibility index (Phi) is 5.08. The van der Waals surface area contributed by atoms with E-state index in [4.69, 9.17) is 4.74 Å². The lowest BCUT2D eigenvalue weighted by Gasteiger charge is -2.36. The topological polar surface area (TPSA) is 41.6 Å². The third-order valence-corrected chi connectivity index (χ3v) is 4.86. The van der Waals surface area contributed by atoms with Gasteiger partial charge < -0.3 is 15.0 Å². The van der Waals surface area contributed by atoms with Gasteiger partial charge in [-0.3, -0.25) is 0 Å². The van der Waals surface area contributed by atoms with Gasteiger partial charge in [0, 0.05) is 13.1 Å². The van der Waals surface area contributed by atoms with E-state index < -0.39 is 5.54 Å². The lowest BCUT2D eigenvalue weighted by atomic mass is 9.92. The molecule has 20 heavy (non-hydrogen) atoms. The van der Waals surface area contributed by atoms with Gasteiger partial charge in [0.1, 0.15) is 5.54 Å². The summed E-state index contributed by atoms with van der Waals surface area (Å²) >= 11 is 0. The number of rotatable bonds is 9. The lowest BCUT2D eigenvalue weighted by Crippen LogP contribution is -2.61. The van der Waals surface area contributed by atoms with Crippen molar-refractivity contribution in [3.8, 4) is 0 Å². The normalized spacial score (nSPS) is 28.2. The molecule has 0 saturated heterocycles. The molecule has 2 rings (SSSR count). The second-order valence-electron chi connectivity index (χ2n) is 6.83. The summed E-state index contributed by atoms with van der Waals surface area (Å²) in [7, 11) is 3.65. The number of ether oxygens (including phenoxy) is 1. The number of hydrogen-bond acceptors (Lipinski definition) is 4. The van der Waals surface area contributed by atoms with Crippen molar-refractivity contribution in [2.24, 2.45) is 17.8 Å². The number of carbonyl (C=O) groups is 1. The first-order chi connectivity index (χ1) is 9.53. The molecule has 0 radical (unpaired) electrons. The molecule has 0 spiro atoms. The average molecular weight is 282 g/mol. The summed E-state index contributed by atoms with van der Waals surface area (Å²) in [5.74, 6) is 2.04. The Hall–Kier alpha value is -0.610. The number of nitrogens with zero attached hydrogens (tertiary/aromatic N) is 1. The van der Waals surface area contributed by atoms with Gasteiger partial charge in [-0.25, -0.2) is 4.79 Å². The van der Waals surface area contributed by atoms with Crippen molar-refractivity contribution in [1.82, 2.24) is 10.2 Å². The number of methoxy groups -OCH3 is 1. The second kappa shape index (κ2) is 6.44. The van der Waals surface area contributed by atoms with E-state index in [2.05, 4.69) is 31.1 Å². The molecular weight excluding hydrogens is 252 g/mol. The summed E-state index contributed by atoms with van der Waals surface area (Å²) < 4.78 is 5.13. The Morgan fingerprint density at radius 3 is 2.55 bits per heavy atom. The van der Waals surface area contributed by atoms with Crippen LogP contribution in [0.2, 0.25) is 0 Å². The molecule has 2 aliphatic carbocycles. The van der Waals surface area contributed by atoms with Crippen LogP contribution in [0.4, 0.5) is 0 Å². The molecule has 116 valence electrons. The largest absolute Gasteiger partial charge is 0.468 e. The Labute approximate surface area is 123 Å². The smallest absolute Gasteiger partial charge is 0.327 e. The predicted molar refractivity (Wildman–Crippen MR) is 80.5 cm³/mol. The molecule has 1 N–H and O–H groups in total. The van der Waals surface area contributed by atoms with E-state index in [9.17, 15) is 4.79 Å². The Bertz CT molecular complexity index is 343. The Morgan fingerprint density at radius 1 is 1.45 bits per heavy atom. The van der Waals surface area contributed by atoms with E-state index in [1.54, 1.807) is 0 Å². The molecule has 2 fully saturated rings. The van der Waals surface area contributed by atoms with Crippen molar-refractivity contribution < 1.29 is 9.53 Å². The Morgan fingerprint density at radius 2 is 2.10 bits per heavy atom. The first-order valence-electron chi connectivity index (χ1n) is 8.05. The van der Waals surface area contributed by atoms with E-state index >= 15 is 0 Å². The summed E-state index contributed by atoms with van der Waals surface area (Å²) in [6.45, 7) is 7.19. The highest BCUT2D eigenvalue weighted by atomic mass is 16.5. The van der Waals surface area contributed by atoms with Gasteiger partial charge in [-0.05, 0) is 57.0 Å². The number of hydrogen-bond donors (Lipinski definition) is 1. The summed E-state index contributed by atoms with van der Waals surface area (Å²) in [6, 6.07) is 0. The zero-order valence-corrected chi connectivity index (χ0v) is 13.4. The number of likely N-dealkylation sites (N-methyl/N-ethyl adjacent to an activating group) is 1. The van der Waals surface area contributed by atoms with Crippen LogP contribution in [0.25, 0.3) is 0 Å². The minimum absolute atomic E-state index is 0.0795. The van der Waals surface area contributed by atoms with Gasteiger partial charge in [-0.15, -0.1) is 0 Å². The molecule has 0 aromatic heterocycles. The average Bonchev–Trinajstić information content (AvgIpc) is 3.32. The fraction of sp³-hybridized carbons (Fsp3) is 0.938. The first kappa shape index (κ1) is 15.8. The van der Waals surface area contributed by atoms with E-state index in [1.807, 2.05) is 0 Å². The van der Waals surface area contributed by atoms with E-state index in [0.29, 0.717) is 5.92 Å². The number of carbonyl (C=O) groups excluding carboxylic acids is 1. The van der Waals surface area contributed by atoms with Gasteiger partial charge in [0.15, 0.2) is 0 Å². The lowest BCUT2D eigenvalue weighted by molar-refractivity contribution is -0.150. The highest BCUT2D eigenvalue weighted by Gasteiger charge is 2.52. The molecule has 0 aromatic rings. The van der Waals surface area contributed by atoms with Crippen LogP contribution in [0.15, 0.2) is 0 Å². The standard InChI is InChI=1S/C16H30N2O2/c1-5-8-17-16(14-6-7-14,15(19)20-4)11-18(3)10-13-9-12(13)2/h12-14,17H,5-11H2,1-4H3. The van der Waals surface area contributed by atoms with Crippen LogP contribution in [0.3, 0.4) is 0 Å². The molecule has 2 saturated carbocycles. The SMILES string of the molecule is CCCNC(CN(C)CC1CC1C)(C(=O)OC)C1CC1. The molecule has 0 aliphatic heterocycles. The zero-order chi connectivity index (χ0) is 14.8. The van der Waals surface area contributed by atoms with Gasteiger partial charge in [0.05, 0.1) is 7.11 Å². The molecular formula is C16H30N2O2. The molecule has 4 nitrogen and oxygen atoms in total. The van der Waals surface area contributed by atoms with Crippen molar-refractivity contribution in [1.29, 1.82) is 0 Å². The van der Waals surface area contributed by atoms with E-state index in [1.165, 1.54) is 13.5 Å². The van der Waals surface area contributed by atoms with Crippen molar-refractivity contribution in [3.05, 3.63) is 0 Å². The predicted octanol–water partition coefficient (Wildman–Crippen LogP) is 1.90. The maximum absolute atomic E-state index is 12.4. The summed E-state index contributed by atoms with van der Waals surface area (Å²) in [4.78, 5) is 14.7. The summed E-state index contributed by atoms with van der Waals surface area (Å²) in [5, 5.41) is 3.52. The van der Waals surface area contributed by atoms with E-state index in [-0.39, 0.29) is 5.97 Å². The van der Waals surface area contributed by atoms with Crippen LogP contribution in [-0.2, 0) is 9.53 Å². The van der Waals surface area contributed by atoms with Crippen LogP contribution >= 0.6 is 0 Å². The van der Waals surface area contributed by atoms with Gasteiger partial charge in [0.2, 0.25) is 0 Å². The Balaban J connectivity index is 2.01. The molecule has 2 aliphatic rings. The van der Waals surface area contributed by atoms with Crippen molar-refractivity contribution in [2.45, 2.75) is 45.1 Å². The summed E-state index contributed by atoms with van der Waals surface area (Å²) in [6.07, 6.45) is 4.65. The quantitative estimate of drug-likeness (QED) is 0.656. The molecule has 3 unspecified atom stereocenters. The fourth-order valence-corrected chi connectivity index (χ4v) is 3.28. The molecule has 3 atom stereocenters. The third-order valence-electron chi connectivity index (χ3n) is 4.86. The van der Waals surface area contributed by atoms with Crippen molar-refractivity contribution in [2.75, 3.05) is 33.8 Å². The van der Waals surface area contributed by atoms with Gasteiger partial charge in [-0.1, -0.05) is 13.8 Å². The van der Waals surface area contributed by atoms with Crippen LogP contribution in [0, 0.1) is 17.8 Å². The molecule has 0 aromatic carbocycles. The minimum atomic E-state index is -0.488. The van der Waals surface area contributed by atoms with Gasteiger partial charge >= 0.3 is 5.97 Å². The fourth-order valence-electron chi connectivity index (χ4n) is 3.28. The van der Waals surface area contributed by atoms with Crippen molar-refractivity contribution >= 4 is 5.97 Å². The highest BCUT2D eigenvalue weighted by molar-refractivity contribution is 5.82. The van der Waals surface area contributed by atoms with Crippen LogP contribution < -0.4 is 5.32 Å². The van der Waals surface area contributed by atoms with Gasteiger partial charge in [-0.2, -0.15) is 0 Å². The van der Waals surface area contributed by atoms with Crippen LogP contribution in [0.1, 0.15) is 39.5 Å². The number of nitrogens with one attached hydrogen (secondary N) is 1. The van der Waals surface area contributed by atoms with Crippen LogP contribution in [-0.4, -0.2) is 50.2 Å². The minimum Gasteiger partial charge on any atom is -0.468 e.